The average Bonchev–Trinajstić information content (AvgIpc) is 2.35. The quantitative estimate of drug-likeness (QED) is 0.696. The van der Waals surface area contributed by atoms with Gasteiger partial charge in [-0.15, -0.1) is 0 Å². The van der Waals surface area contributed by atoms with Crippen molar-refractivity contribution in [3.8, 4) is 0 Å². The fourth-order valence-electron chi connectivity index (χ4n) is 4.16. The van der Waals surface area contributed by atoms with Gasteiger partial charge >= 0.3 is 0 Å². The van der Waals surface area contributed by atoms with E-state index in [-0.39, 0.29) is 5.72 Å². The molecule has 2 saturated carbocycles. The fraction of sp³-hybridized carbons (Fsp3) is 1.00. The van der Waals surface area contributed by atoms with Crippen LogP contribution in [0.15, 0.2) is 0 Å². The predicted octanol–water partition coefficient (Wildman–Crippen LogP) is 3.46. The first-order valence-electron chi connectivity index (χ1n) is 7.61. The summed E-state index contributed by atoms with van der Waals surface area (Å²) in [5, 5.41) is 3.80. The van der Waals surface area contributed by atoms with Gasteiger partial charge in [0.25, 0.3) is 0 Å². The van der Waals surface area contributed by atoms with Gasteiger partial charge in [-0.3, -0.25) is 5.32 Å². The number of ether oxygens (including phenoxy) is 1. The molecule has 2 unspecified atom stereocenters. The zero-order chi connectivity index (χ0) is 11.8. The molecule has 0 aromatic carbocycles. The highest BCUT2D eigenvalue weighted by atomic mass is 16.5. The van der Waals surface area contributed by atoms with Gasteiger partial charge in [-0.2, -0.15) is 0 Å². The van der Waals surface area contributed by atoms with Gasteiger partial charge in [-0.25, -0.2) is 0 Å². The van der Waals surface area contributed by atoms with Crippen LogP contribution in [0.4, 0.5) is 0 Å². The number of hydrogen-bond donors (Lipinski definition) is 1. The van der Waals surface area contributed by atoms with Gasteiger partial charge in [-0.05, 0) is 38.0 Å². The van der Waals surface area contributed by atoms with Crippen molar-refractivity contribution in [1.29, 1.82) is 0 Å². The van der Waals surface area contributed by atoms with Crippen LogP contribution in [-0.4, -0.2) is 18.9 Å². The Morgan fingerprint density at radius 1 is 1.06 bits per heavy atom. The van der Waals surface area contributed by atoms with E-state index in [0.29, 0.717) is 5.41 Å². The zero-order valence-electron chi connectivity index (χ0n) is 11.3. The maximum atomic E-state index is 6.36. The molecule has 0 radical (unpaired) electrons. The molecule has 3 aliphatic rings. The summed E-state index contributed by atoms with van der Waals surface area (Å²) >= 11 is 0. The van der Waals surface area contributed by atoms with E-state index in [1.165, 1.54) is 64.3 Å². The second kappa shape index (κ2) is 4.55. The van der Waals surface area contributed by atoms with E-state index in [1.54, 1.807) is 0 Å². The summed E-state index contributed by atoms with van der Waals surface area (Å²) in [7, 11) is 0. The van der Waals surface area contributed by atoms with Crippen LogP contribution in [0.25, 0.3) is 0 Å². The molecule has 2 nitrogen and oxygen atoms in total. The van der Waals surface area contributed by atoms with Crippen LogP contribution in [0.1, 0.15) is 64.7 Å². The fourth-order valence-corrected chi connectivity index (χ4v) is 4.16. The molecule has 1 saturated heterocycles. The van der Waals surface area contributed by atoms with Crippen LogP contribution in [0.5, 0.6) is 0 Å². The first-order chi connectivity index (χ1) is 8.22. The molecule has 98 valence electrons. The van der Waals surface area contributed by atoms with Gasteiger partial charge in [0.15, 0.2) is 0 Å². The second-order valence-corrected chi connectivity index (χ2v) is 6.90. The summed E-state index contributed by atoms with van der Waals surface area (Å²) in [5.74, 6) is 0.830. The van der Waals surface area contributed by atoms with E-state index in [9.17, 15) is 0 Å². The summed E-state index contributed by atoms with van der Waals surface area (Å²) in [4.78, 5) is 0. The van der Waals surface area contributed by atoms with E-state index < -0.39 is 0 Å². The molecular formula is C15H27NO. The predicted molar refractivity (Wildman–Crippen MR) is 69.8 cm³/mol. The van der Waals surface area contributed by atoms with E-state index in [4.69, 9.17) is 4.74 Å². The SMILES string of the molecule is CC1CCCC2(C1)NCC1(CCCCC1)CO2. The lowest BCUT2D eigenvalue weighted by molar-refractivity contribution is -0.174. The first-order valence-corrected chi connectivity index (χ1v) is 7.61. The third kappa shape index (κ3) is 2.39. The highest BCUT2D eigenvalue weighted by molar-refractivity contribution is 4.95. The van der Waals surface area contributed by atoms with Gasteiger partial charge < -0.3 is 4.74 Å². The maximum Gasteiger partial charge on any atom is 0.119 e. The topological polar surface area (TPSA) is 21.3 Å². The normalized spacial score (nSPS) is 41.8. The molecular weight excluding hydrogens is 210 g/mol. The Morgan fingerprint density at radius 3 is 2.53 bits per heavy atom. The molecule has 0 bridgehead atoms. The van der Waals surface area contributed by atoms with Crippen molar-refractivity contribution >= 4 is 0 Å². The molecule has 2 spiro atoms. The van der Waals surface area contributed by atoms with Crippen LogP contribution >= 0.6 is 0 Å². The molecule has 1 heterocycles. The van der Waals surface area contributed by atoms with E-state index in [2.05, 4.69) is 12.2 Å². The van der Waals surface area contributed by atoms with Gasteiger partial charge in [-0.1, -0.05) is 32.6 Å². The largest absolute Gasteiger partial charge is 0.360 e. The lowest BCUT2D eigenvalue weighted by Crippen LogP contribution is -2.60. The van der Waals surface area contributed by atoms with E-state index >= 15 is 0 Å². The third-order valence-corrected chi connectivity index (χ3v) is 5.31. The molecule has 3 rings (SSSR count). The Labute approximate surface area is 105 Å². The van der Waals surface area contributed by atoms with Crippen LogP contribution in [-0.2, 0) is 4.74 Å². The van der Waals surface area contributed by atoms with Crippen molar-refractivity contribution in [2.24, 2.45) is 11.3 Å². The van der Waals surface area contributed by atoms with Crippen molar-refractivity contribution in [3.05, 3.63) is 0 Å². The van der Waals surface area contributed by atoms with Crippen LogP contribution in [0.3, 0.4) is 0 Å². The van der Waals surface area contributed by atoms with Crippen molar-refractivity contribution in [2.75, 3.05) is 13.2 Å². The lowest BCUT2D eigenvalue weighted by Gasteiger charge is -2.51. The summed E-state index contributed by atoms with van der Waals surface area (Å²) in [6.07, 6.45) is 12.2. The Morgan fingerprint density at radius 2 is 1.88 bits per heavy atom. The lowest BCUT2D eigenvalue weighted by atomic mass is 9.72. The summed E-state index contributed by atoms with van der Waals surface area (Å²) in [6, 6.07) is 0. The molecule has 0 aromatic rings. The Hall–Kier alpha value is -0.0800. The van der Waals surface area contributed by atoms with Crippen molar-refractivity contribution in [1.82, 2.24) is 5.32 Å². The second-order valence-electron chi connectivity index (χ2n) is 6.90. The Bertz CT molecular complexity index is 260. The minimum atomic E-state index is 0.0559. The highest BCUT2D eigenvalue weighted by Gasteiger charge is 2.45. The van der Waals surface area contributed by atoms with Crippen molar-refractivity contribution in [3.63, 3.8) is 0 Å². The standard InChI is InChI=1S/C15H27NO/c1-13-6-5-9-15(10-13)16-11-14(12-17-15)7-3-2-4-8-14/h13,16H,2-12H2,1H3. The third-order valence-electron chi connectivity index (χ3n) is 5.31. The molecule has 1 aliphatic heterocycles. The smallest absolute Gasteiger partial charge is 0.119 e. The molecule has 17 heavy (non-hydrogen) atoms. The Balaban J connectivity index is 1.62. The van der Waals surface area contributed by atoms with Crippen LogP contribution in [0.2, 0.25) is 0 Å². The minimum Gasteiger partial charge on any atom is -0.360 e. The minimum absolute atomic E-state index is 0.0559. The molecule has 0 amide bonds. The molecule has 0 aromatic heterocycles. The van der Waals surface area contributed by atoms with E-state index in [1.807, 2.05) is 0 Å². The van der Waals surface area contributed by atoms with Gasteiger partial charge in [0, 0.05) is 12.0 Å². The molecule has 2 aliphatic carbocycles. The molecule has 3 fully saturated rings. The van der Waals surface area contributed by atoms with Crippen molar-refractivity contribution in [2.45, 2.75) is 70.4 Å². The molecule has 1 N–H and O–H groups in total. The van der Waals surface area contributed by atoms with Gasteiger partial charge in [0.2, 0.25) is 0 Å². The van der Waals surface area contributed by atoms with Crippen molar-refractivity contribution < 1.29 is 4.74 Å². The van der Waals surface area contributed by atoms with Crippen LogP contribution < -0.4 is 5.32 Å². The average molecular weight is 237 g/mol. The summed E-state index contributed by atoms with van der Waals surface area (Å²) in [6.45, 7) is 4.60. The van der Waals surface area contributed by atoms with Crippen LogP contribution in [0, 0.1) is 11.3 Å². The van der Waals surface area contributed by atoms with Gasteiger partial charge in [0.1, 0.15) is 5.72 Å². The first kappa shape index (κ1) is 12.0. The molecule has 2 heteroatoms. The van der Waals surface area contributed by atoms with Gasteiger partial charge in [0.05, 0.1) is 6.61 Å². The molecule has 2 atom stereocenters. The summed E-state index contributed by atoms with van der Waals surface area (Å²) < 4.78 is 6.36. The number of hydrogen-bond acceptors (Lipinski definition) is 2. The highest BCUT2D eigenvalue weighted by Crippen LogP contribution is 2.43. The zero-order valence-corrected chi connectivity index (χ0v) is 11.3. The number of rotatable bonds is 0. The monoisotopic (exact) mass is 237 g/mol. The van der Waals surface area contributed by atoms with E-state index in [0.717, 1.165) is 12.5 Å². The Kier molecular flexibility index (Phi) is 3.20. The maximum absolute atomic E-state index is 6.36. The number of nitrogens with one attached hydrogen (secondary N) is 1. The summed E-state index contributed by atoms with van der Waals surface area (Å²) in [5.41, 5.74) is 0.546.